The monoisotopic (exact) mass is 361 g/mol. The van der Waals surface area contributed by atoms with Crippen molar-refractivity contribution in [1.29, 1.82) is 0 Å². The van der Waals surface area contributed by atoms with Gasteiger partial charge in [-0.2, -0.15) is 0 Å². The fourth-order valence-electron chi connectivity index (χ4n) is 2.86. The molecule has 3 rings (SSSR count). The van der Waals surface area contributed by atoms with Crippen LogP contribution in [0, 0.1) is 0 Å². The molecule has 0 bridgehead atoms. The number of hydrogen-bond donors (Lipinski definition) is 0. The number of carbonyl (C=O) groups is 2. The van der Waals surface area contributed by atoms with Crippen LogP contribution in [0.4, 0.5) is 0 Å². The van der Waals surface area contributed by atoms with Crippen LogP contribution in [0.25, 0.3) is 0 Å². The van der Waals surface area contributed by atoms with Gasteiger partial charge in [0.25, 0.3) is 5.91 Å². The largest absolute Gasteiger partial charge is 0.460 e. The fraction of sp³-hybridized carbons (Fsp3) is 0.333. The average molecular weight is 361 g/mol. The maximum absolute atomic E-state index is 12.5. The van der Waals surface area contributed by atoms with Gasteiger partial charge in [0.05, 0.1) is 5.57 Å². The number of benzene rings is 1. The summed E-state index contributed by atoms with van der Waals surface area (Å²) in [6, 6.07) is 9.35. The van der Waals surface area contributed by atoms with Gasteiger partial charge >= 0.3 is 5.97 Å². The van der Waals surface area contributed by atoms with Crippen molar-refractivity contribution in [1.82, 2.24) is 4.90 Å². The lowest BCUT2D eigenvalue weighted by Gasteiger charge is -2.39. The number of thioether (sulfide) groups is 2. The molecule has 0 aliphatic carbocycles. The second-order valence-corrected chi connectivity index (χ2v) is 8.79. The third kappa shape index (κ3) is 3.00. The van der Waals surface area contributed by atoms with Gasteiger partial charge in [0.2, 0.25) is 0 Å². The number of esters is 1. The van der Waals surface area contributed by atoms with Crippen LogP contribution in [0.5, 0.6) is 0 Å². The Bertz CT molecular complexity index is 699. The number of amides is 1. The van der Waals surface area contributed by atoms with Crippen LogP contribution < -0.4 is 0 Å². The molecular formula is C18H19NO3S2. The molecule has 0 N–H and O–H groups in total. The third-order valence-electron chi connectivity index (χ3n) is 3.98. The zero-order valence-electron chi connectivity index (χ0n) is 13.6. The summed E-state index contributed by atoms with van der Waals surface area (Å²) in [5.41, 5.74) is 0.751. The normalized spacial score (nSPS) is 26.0. The Labute approximate surface area is 150 Å². The van der Waals surface area contributed by atoms with E-state index in [1.54, 1.807) is 16.7 Å². The maximum atomic E-state index is 12.5. The Morgan fingerprint density at radius 3 is 2.79 bits per heavy atom. The SMILES string of the molecule is C=CCOC(=O)[C@@H]1N2C(=O)/C(=C/Sc3ccccc3)[C@H]2SC1(C)C. The summed E-state index contributed by atoms with van der Waals surface area (Å²) in [5.74, 6) is -0.444. The molecule has 1 amide bonds. The minimum Gasteiger partial charge on any atom is -0.460 e. The fourth-order valence-corrected chi connectivity index (χ4v) is 5.30. The van der Waals surface area contributed by atoms with E-state index in [-0.39, 0.29) is 28.6 Å². The first kappa shape index (κ1) is 17.2. The lowest BCUT2D eigenvalue weighted by atomic mass is 9.96. The lowest BCUT2D eigenvalue weighted by Crippen LogP contribution is -2.58. The van der Waals surface area contributed by atoms with Crippen LogP contribution in [-0.4, -0.2) is 39.5 Å². The molecule has 2 atom stereocenters. The Hall–Kier alpha value is -1.66. The molecule has 1 aromatic carbocycles. The second kappa shape index (κ2) is 6.69. The van der Waals surface area contributed by atoms with Crippen LogP contribution in [0.3, 0.4) is 0 Å². The maximum Gasteiger partial charge on any atom is 0.330 e. The molecule has 126 valence electrons. The zero-order valence-corrected chi connectivity index (χ0v) is 15.2. The van der Waals surface area contributed by atoms with E-state index >= 15 is 0 Å². The van der Waals surface area contributed by atoms with Crippen molar-refractivity contribution >= 4 is 35.4 Å². The van der Waals surface area contributed by atoms with Crippen LogP contribution in [0.1, 0.15) is 13.8 Å². The molecular weight excluding hydrogens is 342 g/mol. The van der Waals surface area contributed by atoms with E-state index in [0.29, 0.717) is 0 Å². The van der Waals surface area contributed by atoms with E-state index in [1.807, 2.05) is 49.6 Å². The highest BCUT2D eigenvalue weighted by atomic mass is 32.2. The van der Waals surface area contributed by atoms with E-state index in [4.69, 9.17) is 4.74 Å². The van der Waals surface area contributed by atoms with E-state index in [9.17, 15) is 9.59 Å². The number of rotatable bonds is 5. The molecule has 2 aliphatic heterocycles. The number of hydrogen-bond acceptors (Lipinski definition) is 5. The number of nitrogens with zero attached hydrogens (tertiary/aromatic N) is 1. The molecule has 2 heterocycles. The van der Waals surface area contributed by atoms with Crippen LogP contribution in [0.15, 0.2) is 58.9 Å². The van der Waals surface area contributed by atoms with Gasteiger partial charge in [-0.1, -0.05) is 42.6 Å². The highest BCUT2D eigenvalue weighted by molar-refractivity contribution is 8.03. The van der Waals surface area contributed by atoms with Gasteiger partial charge in [-0.25, -0.2) is 4.79 Å². The number of carbonyl (C=O) groups excluding carboxylic acids is 2. The van der Waals surface area contributed by atoms with E-state index in [1.165, 1.54) is 17.8 Å². The van der Waals surface area contributed by atoms with Crippen molar-refractivity contribution in [3.8, 4) is 0 Å². The Balaban J connectivity index is 1.76. The molecule has 0 spiro atoms. The standard InChI is InChI=1S/C18H19NO3S2/c1-4-10-22-17(21)14-18(2,3)24-16-13(15(20)19(14)16)11-23-12-8-6-5-7-9-12/h4-9,11,14,16H,1,10H2,2-3H3/b13-11-/t14-,16+/m0/s1. The highest BCUT2D eigenvalue weighted by Gasteiger charge is 2.61. The van der Waals surface area contributed by atoms with Crippen LogP contribution in [-0.2, 0) is 14.3 Å². The quantitative estimate of drug-likeness (QED) is 0.264. The van der Waals surface area contributed by atoms with Crippen LogP contribution >= 0.6 is 23.5 Å². The summed E-state index contributed by atoms with van der Waals surface area (Å²) < 4.78 is 4.80. The number of ether oxygens (including phenoxy) is 1. The minimum atomic E-state index is -0.557. The van der Waals surface area contributed by atoms with E-state index in [0.717, 1.165) is 10.5 Å². The molecule has 0 unspecified atom stereocenters. The Kier molecular flexibility index (Phi) is 4.78. The van der Waals surface area contributed by atoms with Crippen molar-refractivity contribution in [2.24, 2.45) is 0 Å². The van der Waals surface area contributed by atoms with E-state index in [2.05, 4.69) is 6.58 Å². The molecule has 0 radical (unpaired) electrons. The predicted molar refractivity (Wildman–Crippen MR) is 97.6 cm³/mol. The molecule has 6 heteroatoms. The lowest BCUT2D eigenvalue weighted by molar-refractivity contribution is -0.156. The van der Waals surface area contributed by atoms with Gasteiger partial charge < -0.3 is 9.64 Å². The first-order valence-electron chi connectivity index (χ1n) is 7.65. The van der Waals surface area contributed by atoms with Crippen molar-refractivity contribution in [2.45, 2.75) is 34.9 Å². The molecule has 0 saturated carbocycles. The predicted octanol–water partition coefficient (Wildman–Crippen LogP) is 3.45. The third-order valence-corrected chi connectivity index (χ3v) is 6.44. The number of fused-ring (bicyclic) bond motifs is 1. The zero-order chi connectivity index (χ0) is 17.3. The van der Waals surface area contributed by atoms with Crippen molar-refractivity contribution in [3.05, 3.63) is 54.0 Å². The molecule has 2 saturated heterocycles. The van der Waals surface area contributed by atoms with Crippen LogP contribution in [0.2, 0.25) is 0 Å². The van der Waals surface area contributed by atoms with E-state index < -0.39 is 6.04 Å². The smallest absolute Gasteiger partial charge is 0.330 e. The molecule has 1 aromatic rings. The molecule has 4 nitrogen and oxygen atoms in total. The first-order chi connectivity index (χ1) is 11.5. The van der Waals surface area contributed by atoms with Crippen molar-refractivity contribution in [2.75, 3.05) is 6.61 Å². The van der Waals surface area contributed by atoms with Gasteiger partial charge in [-0.15, -0.1) is 11.8 Å². The summed E-state index contributed by atoms with van der Waals surface area (Å²) in [6.45, 7) is 7.67. The average Bonchev–Trinajstić information content (AvgIpc) is 2.82. The summed E-state index contributed by atoms with van der Waals surface area (Å²) >= 11 is 3.16. The number of β-lactam (4-membered cyclic amide) rings is 1. The van der Waals surface area contributed by atoms with Gasteiger partial charge in [0.15, 0.2) is 0 Å². The van der Waals surface area contributed by atoms with Gasteiger partial charge in [-0.05, 0) is 31.4 Å². The molecule has 0 aromatic heterocycles. The second-order valence-electron chi connectivity index (χ2n) is 6.11. The topological polar surface area (TPSA) is 46.6 Å². The van der Waals surface area contributed by atoms with Crippen molar-refractivity contribution < 1.29 is 14.3 Å². The summed E-state index contributed by atoms with van der Waals surface area (Å²) in [7, 11) is 0. The molecule has 24 heavy (non-hydrogen) atoms. The minimum absolute atomic E-state index is 0.0787. The Morgan fingerprint density at radius 1 is 1.42 bits per heavy atom. The van der Waals surface area contributed by atoms with Gasteiger partial charge in [0, 0.05) is 9.64 Å². The highest BCUT2D eigenvalue weighted by Crippen LogP contribution is 2.53. The first-order valence-corrected chi connectivity index (χ1v) is 9.41. The molecule has 2 aliphatic rings. The summed E-state index contributed by atoms with van der Waals surface area (Å²) in [6.07, 6.45) is 1.53. The summed E-state index contributed by atoms with van der Waals surface area (Å²) in [5, 5.41) is 1.82. The van der Waals surface area contributed by atoms with Crippen molar-refractivity contribution in [3.63, 3.8) is 0 Å². The van der Waals surface area contributed by atoms with Gasteiger partial charge in [-0.3, -0.25) is 4.79 Å². The van der Waals surface area contributed by atoms with Gasteiger partial charge in [0.1, 0.15) is 18.0 Å². The molecule has 2 fully saturated rings. The Morgan fingerprint density at radius 2 is 2.12 bits per heavy atom. The summed E-state index contributed by atoms with van der Waals surface area (Å²) in [4.78, 5) is 27.6.